The molecule has 2 rings (SSSR count). The first-order valence-electron chi connectivity index (χ1n) is 3.15. The molecule has 2 aliphatic rings. The monoisotopic (exact) mass is 113 g/mol. The van der Waals surface area contributed by atoms with E-state index in [1.54, 1.807) is 0 Å². The molecule has 0 aliphatic carbocycles. The third-order valence-electron chi connectivity index (χ3n) is 1.79. The number of rotatable bonds is 0. The van der Waals surface area contributed by atoms with Gasteiger partial charge < -0.3 is 5.32 Å². The van der Waals surface area contributed by atoms with Gasteiger partial charge in [0.25, 0.3) is 0 Å². The van der Waals surface area contributed by atoms with Crippen molar-refractivity contribution in [1.82, 2.24) is 16.0 Å². The van der Waals surface area contributed by atoms with Crippen LogP contribution in [0.3, 0.4) is 0 Å². The van der Waals surface area contributed by atoms with Gasteiger partial charge in [0.1, 0.15) is 0 Å². The van der Waals surface area contributed by atoms with E-state index >= 15 is 0 Å². The molecule has 0 radical (unpaired) electrons. The fourth-order valence-electron chi connectivity index (χ4n) is 1.35. The van der Waals surface area contributed by atoms with Crippen molar-refractivity contribution < 1.29 is 0 Å². The molecule has 2 bridgehead atoms. The average Bonchev–Trinajstić information content (AvgIpc) is 2.12. The lowest BCUT2D eigenvalue weighted by Gasteiger charge is -2.20. The first kappa shape index (κ1) is 4.73. The molecule has 2 atom stereocenters. The van der Waals surface area contributed by atoms with Gasteiger partial charge in [0, 0.05) is 25.7 Å². The normalized spacial score (nSPS) is 45.0. The molecule has 3 N–H and O–H groups in total. The van der Waals surface area contributed by atoms with Crippen LogP contribution in [0.25, 0.3) is 0 Å². The Labute approximate surface area is 48.8 Å². The molecule has 8 heavy (non-hydrogen) atoms. The molecule has 46 valence electrons. The third kappa shape index (κ3) is 0.632. The summed E-state index contributed by atoms with van der Waals surface area (Å²) < 4.78 is 0. The number of fused-ring (bicyclic) bond motifs is 2. The van der Waals surface area contributed by atoms with Crippen molar-refractivity contribution in [3.63, 3.8) is 0 Å². The maximum absolute atomic E-state index is 3.42. The molecule has 2 saturated heterocycles. The van der Waals surface area contributed by atoms with Crippen molar-refractivity contribution in [2.45, 2.75) is 12.2 Å². The van der Waals surface area contributed by atoms with Crippen molar-refractivity contribution in [3.8, 4) is 0 Å². The van der Waals surface area contributed by atoms with Crippen molar-refractivity contribution in [3.05, 3.63) is 0 Å². The second-order valence-corrected chi connectivity index (χ2v) is 2.48. The van der Waals surface area contributed by atoms with E-state index < -0.39 is 0 Å². The predicted molar refractivity (Wildman–Crippen MR) is 31.6 cm³/mol. The average molecular weight is 113 g/mol. The highest BCUT2D eigenvalue weighted by molar-refractivity contribution is 4.90. The minimum absolute atomic E-state index is 0.550. The van der Waals surface area contributed by atoms with E-state index in [1.165, 1.54) is 0 Å². The van der Waals surface area contributed by atoms with Crippen LogP contribution in [-0.2, 0) is 0 Å². The first-order valence-corrected chi connectivity index (χ1v) is 3.15. The molecule has 0 aromatic rings. The van der Waals surface area contributed by atoms with Crippen LogP contribution in [0.5, 0.6) is 0 Å². The van der Waals surface area contributed by atoms with E-state index in [0.717, 1.165) is 19.6 Å². The van der Waals surface area contributed by atoms with Gasteiger partial charge in [-0.15, -0.1) is 0 Å². The summed E-state index contributed by atoms with van der Waals surface area (Å²) in [6.07, 6.45) is 0.550. The minimum atomic E-state index is 0.550. The Balaban J connectivity index is 2.03. The van der Waals surface area contributed by atoms with E-state index in [-0.39, 0.29) is 0 Å². The van der Waals surface area contributed by atoms with E-state index in [0.29, 0.717) is 12.2 Å². The Hall–Kier alpha value is -0.120. The fraction of sp³-hybridized carbons (Fsp3) is 1.00. The number of nitrogens with one attached hydrogen (secondary N) is 3. The zero-order chi connectivity index (χ0) is 5.40. The van der Waals surface area contributed by atoms with Crippen molar-refractivity contribution in [1.29, 1.82) is 0 Å². The smallest absolute Gasteiger partial charge is 0.0704 e. The molecular weight excluding hydrogens is 102 g/mol. The highest BCUT2D eigenvalue weighted by atomic mass is 15.3. The second kappa shape index (κ2) is 1.69. The van der Waals surface area contributed by atoms with Gasteiger partial charge in [0.15, 0.2) is 0 Å². The SMILES string of the molecule is C1NCC2NCC1N2. The molecule has 2 fully saturated rings. The zero-order valence-corrected chi connectivity index (χ0v) is 4.78. The fourth-order valence-corrected chi connectivity index (χ4v) is 1.35. The van der Waals surface area contributed by atoms with Gasteiger partial charge in [-0.1, -0.05) is 0 Å². The van der Waals surface area contributed by atoms with Gasteiger partial charge in [0.05, 0.1) is 6.17 Å². The molecule has 0 aromatic carbocycles. The molecule has 0 amide bonds. The van der Waals surface area contributed by atoms with Gasteiger partial charge >= 0.3 is 0 Å². The summed E-state index contributed by atoms with van der Waals surface area (Å²) in [6, 6.07) is 0.689. The summed E-state index contributed by atoms with van der Waals surface area (Å²) in [7, 11) is 0. The molecule has 2 aliphatic heterocycles. The minimum Gasteiger partial charge on any atom is -0.312 e. The first-order chi connectivity index (χ1) is 3.95. The number of hydrogen-bond acceptors (Lipinski definition) is 3. The van der Waals surface area contributed by atoms with Crippen LogP contribution < -0.4 is 16.0 Å². The second-order valence-electron chi connectivity index (χ2n) is 2.48. The van der Waals surface area contributed by atoms with E-state index in [2.05, 4.69) is 16.0 Å². The molecule has 3 nitrogen and oxygen atoms in total. The molecule has 0 spiro atoms. The van der Waals surface area contributed by atoms with E-state index in [1.807, 2.05) is 0 Å². The lowest BCUT2D eigenvalue weighted by atomic mass is 10.3. The van der Waals surface area contributed by atoms with Crippen LogP contribution in [0.1, 0.15) is 0 Å². The van der Waals surface area contributed by atoms with Crippen molar-refractivity contribution in [2.75, 3.05) is 19.6 Å². The van der Waals surface area contributed by atoms with E-state index in [4.69, 9.17) is 0 Å². The topological polar surface area (TPSA) is 36.1 Å². The van der Waals surface area contributed by atoms with Gasteiger partial charge in [0.2, 0.25) is 0 Å². The standard InChI is InChI=1S/C5H11N3/c1-4-2-7-5(8-4)3-6-1/h4-8H,1-3H2. The summed E-state index contributed by atoms with van der Waals surface area (Å²) >= 11 is 0. The Bertz CT molecular complexity index is 79.7. The Morgan fingerprint density at radius 3 is 2.88 bits per heavy atom. The Morgan fingerprint density at radius 1 is 1.12 bits per heavy atom. The predicted octanol–water partition coefficient (Wildman–Crippen LogP) is -1.52. The molecule has 0 aromatic heterocycles. The molecule has 3 heteroatoms. The summed E-state index contributed by atoms with van der Waals surface area (Å²) in [5.74, 6) is 0. The molecule has 0 saturated carbocycles. The number of hydrogen-bond donors (Lipinski definition) is 3. The highest BCUT2D eigenvalue weighted by Crippen LogP contribution is 1.97. The Morgan fingerprint density at radius 2 is 2.12 bits per heavy atom. The molecule has 2 unspecified atom stereocenters. The third-order valence-corrected chi connectivity index (χ3v) is 1.79. The van der Waals surface area contributed by atoms with Gasteiger partial charge in [-0.3, -0.25) is 10.6 Å². The van der Waals surface area contributed by atoms with Crippen LogP contribution in [-0.4, -0.2) is 31.8 Å². The number of piperazine rings is 1. The quantitative estimate of drug-likeness (QED) is 0.357. The Kier molecular flexibility index (Phi) is 0.997. The van der Waals surface area contributed by atoms with Crippen LogP contribution in [0.2, 0.25) is 0 Å². The van der Waals surface area contributed by atoms with Crippen LogP contribution in [0.4, 0.5) is 0 Å². The van der Waals surface area contributed by atoms with Gasteiger partial charge in [-0.25, -0.2) is 0 Å². The van der Waals surface area contributed by atoms with Crippen LogP contribution >= 0.6 is 0 Å². The zero-order valence-electron chi connectivity index (χ0n) is 4.78. The maximum Gasteiger partial charge on any atom is 0.0704 e. The van der Waals surface area contributed by atoms with Gasteiger partial charge in [-0.05, 0) is 0 Å². The van der Waals surface area contributed by atoms with Crippen molar-refractivity contribution >= 4 is 0 Å². The van der Waals surface area contributed by atoms with Crippen molar-refractivity contribution in [2.24, 2.45) is 0 Å². The van der Waals surface area contributed by atoms with Crippen LogP contribution in [0.15, 0.2) is 0 Å². The largest absolute Gasteiger partial charge is 0.312 e. The summed E-state index contributed by atoms with van der Waals surface area (Å²) in [5.41, 5.74) is 0. The highest BCUT2D eigenvalue weighted by Gasteiger charge is 2.25. The van der Waals surface area contributed by atoms with Gasteiger partial charge in [-0.2, -0.15) is 0 Å². The molecule has 2 heterocycles. The lowest BCUT2D eigenvalue weighted by molar-refractivity contribution is 0.416. The summed E-state index contributed by atoms with van der Waals surface area (Å²) in [5, 5.41) is 10.1. The molecular formula is C5H11N3. The lowest BCUT2D eigenvalue weighted by Crippen LogP contribution is -2.50. The maximum atomic E-state index is 3.42. The van der Waals surface area contributed by atoms with Crippen LogP contribution in [0, 0.1) is 0 Å². The van der Waals surface area contributed by atoms with E-state index in [9.17, 15) is 0 Å². The summed E-state index contributed by atoms with van der Waals surface area (Å²) in [4.78, 5) is 0. The summed E-state index contributed by atoms with van der Waals surface area (Å²) in [6.45, 7) is 3.34.